The first-order valence-corrected chi connectivity index (χ1v) is 7.17. The van der Waals surface area contributed by atoms with Crippen LogP contribution in [-0.4, -0.2) is 30.4 Å². The first-order chi connectivity index (χ1) is 9.93. The fourth-order valence-corrected chi connectivity index (χ4v) is 1.98. The van der Waals surface area contributed by atoms with Crippen molar-refractivity contribution in [3.63, 3.8) is 0 Å². The third-order valence-corrected chi connectivity index (χ3v) is 3.59. The van der Waals surface area contributed by atoms with Crippen molar-refractivity contribution in [3.05, 3.63) is 23.8 Å². The number of carbonyl (C=O) groups excluding carboxylic acids is 1. The molecule has 0 aliphatic heterocycles. The van der Waals surface area contributed by atoms with Gasteiger partial charge < -0.3 is 16.0 Å². The van der Waals surface area contributed by atoms with Crippen LogP contribution in [0.25, 0.3) is 0 Å². The van der Waals surface area contributed by atoms with Crippen molar-refractivity contribution in [1.29, 1.82) is 5.26 Å². The second kappa shape index (κ2) is 8.28. The number of nitrogens with zero attached hydrogens (tertiary/aromatic N) is 2. The minimum absolute atomic E-state index is 0.00923. The zero-order valence-electron chi connectivity index (χ0n) is 13.0. The molecule has 0 heterocycles. The Balaban J connectivity index is 2.38. The Morgan fingerprint density at radius 1 is 1.52 bits per heavy atom. The highest BCUT2D eigenvalue weighted by molar-refractivity contribution is 5.91. The number of nitriles is 1. The Morgan fingerprint density at radius 3 is 2.90 bits per heavy atom. The Morgan fingerprint density at radius 2 is 2.24 bits per heavy atom. The molecule has 1 rings (SSSR count). The van der Waals surface area contributed by atoms with Crippen LogP contribution in [0, 0.1) is 18.3 Å². The van der Waals surface area contributed by atoms with E-state index in [4.69, 9.17) is 11.0 Å². The summed E-state index contributed by atoms with van der Waals surface area (Å²) in [5, 5.41) is 11.6. The van der Waals surface area contributed by atoms with E-state index in [0.717, 1.165) is 24.2 Å². The number of nitrogen functional groups attached to an aromatic ring is 1. The van der Waals surface area contributed by atoms with Crippen LogP contribution < -0.4 is 11.1 Å². The first-order valence-electron chi connectivity index (χ1n) is 7.17. The summed E-state index contributed by atoms with van der Waals surface area (Å²) in [4.78, 5) is 14.0. The molecule has 114 valence electrons. The van der Waals surface area contributed by atoms with Gasteiger partial charge in [-0.3, -0.25) is 4.79 Å². The Labute approximate surface area is 126 Å². The third kappa shape index (κ3) is 5.84. The molecule has 0 aliphatic rings. The van der Waals surface area contributed by atoms with E-state index in [1.165, 1.54) is 0 Å². The van der Waals surface area contributed by atoms with Gasteiger partial charge in [0.1, 0.15) is 0 Å². The van der Waals surface area contributed by atoms with Crippen molar-refractivity contribution >= 4 is 17.3 Å². The average Bonchev–Trinajstić information content (AvgIpc) is 2.43. The lowest BCUT2D eigenvalue weighted by atomic mass is 10.1. The number of carbonyl (C=O) groups is 1. The molecule has 1 unspecified atom stereocenters. The van der Waals surface area contributed by atoms with E-state index in [1.807, 2.05) is 33.0 Å². The number of hydrogen-bond acceptors (Lipinski definition) is 4. The summed E-state index contributed by atoms with van der Waals surface area (Å²) in [6.07, 6.45) is 1.72. The molecule has 0 fully saturated rings. The topological polar surface area (TPSA) is 82.2 Å². The van der Waals surface area contributed by atoms with E-state index in [-0.39, 0.29) is 11.9 Å². The van der Waals surface area contributed by atoms with Crippen LogP contribution in [0.15, 0.2) is 18.2 Å². The molecule has 0 bridgehead atoms. The second-order valence-corrected chi connectivity index (χ2v) is 5.42. The summed E-state index contributed by atoms with van der Waals surface area (Å²) in [5.41, 5.74) is 8.13. The number of benzene rings is 1. The molecular formula is C16H24N4O. The van der Waals surface area contributed by atoms with Crippen molar-refractivity contribution in [2.45, 2.75) is 39.2 Å². The van der Waals surface area contributed by atoms with Gasteiger partial charge in [-0.2, -0.15) is 5.26 Å². The van der Waals surface area contributed by atoms with Gasteiger partial charge in [0.05, 0.1) is 12.5 Å². The molecule has 0 aliphatic carbocycles. The van der Waals surface area contributed by atoms with E-state index in [1.54, 1.807) is 6.07 Å². The third-order valence-electron chi connectivity index (χ3n) is 3.59. The Hall–Kier alpha value is -2.06. The molecular weight excluding hydrogens is 264 g/mol. The molecule has 0 radical (unpaired) electrons. The van der Waals surface area contributed by atoms with Gasteiger partial charge in [-0.15, -0.1) is 0 Å². The second-order valence-electron chi connectivity index (χ2n) is 5.42. The first kappa shape index (κ1) is 17.0. The molecule has 21 heavy (non-hydrogen) atoms. The van der Waals surface area contributed by atoms with Crippen LogP contribution in [0.3, 0.4) is 0 Å². The molecule has 0 spiro atoms. The average molecular weight is 288 g/mol. The van der Waals surface area contributed by atoms with E-state index < -0.39 is 0 Å². The standard InChI is InChI=1S/C16H24N4O/c1-12-6-7-14(18)11-15(12)19-16(21)5-4-10-20(3)13(2)8-9-17/h6-7,11,13H,4-5,8,10,18H2,1-3H3,(H,19,21). The Bertz CT molecular complexity index is 521. The number of anilines is 2. The summed E-state index contributed by atoms with van der Waals surface area (Å²) in [6, 6.07) is 7.86. The molecule has 1 atom stereocenters. The van der Waals surface area contributed by atoms with Crippen LogP contribution in [0.2, 0.25) is 0 Å². The molecule has 5 nitrogen and oxygen atoms in total. The quantitative estimate of drug-likeness (QED) is 0.755. The highest BCUT2D eigenvalue weighted by Gasteiger charge is 2.10. The molecule has 1 aromatic rings. The van der Waals surface area contributed by atoms with Crippen LogP contribution in [-0.2, 0) is 4.79 Å². The maximum absolute atomic E-state index is 11.9. The van der Waals surface area contributed by atoms with Gasteiger partial charge in [0, 0.05) is 23.8 Å². The number of hydrogen-bond donors (Lipinski definition) is 2. The SMILES string of the molecule is Cc1ccc(N)cc1NC(=O)CCCN(C)C(C)CC#N. The maximum atomic E-state index is 11.9. The Kier molecular flexibility index (Phi) is 6.70. The van der Waals surface area contributed by atoms with Gasteiger partial charge in [-0.05, 0) is 51.6 Å². The van der Waals surface area contributed by atoms with Crippen molar-refractivity contribution in [3.8, 4) is 6.07 Å². The van der Waals surface area contributed by atoms with Gasteiger partial charge >= 0.3 is 0 Å². The minimum atomic E-state index is -0.00923. The maximum Gasteiger partial charge on any atom is 0.224 e. The predicted octanol–water partition coefficient (Wildman–Crippen LogP) is 2.53. The number of nitrogens with two attached hydrogens (primary N) is 1. The van der Waals surface area contributed by atoms with Crippen molar-refractivity contribution in [1.82, 2.24) is 4.90 Å². The fraction of sp³-hybridized carbons (Fsp3) is 0.500. The van der Waals surface area contributed by atoms with Gasteiger partial charge in [0.25, 0.3) is 0 Å². The molecule has 0 saturated heterocycles. The highest BCUT2D eigenvalue weighted by atomic mass is 16.1. The van der Waals surface area contributed by atoms with E-state index >= 15 is 0 Å². The van der Waals surface area contributed by atoms with Gasteiger partial charge in [0.15, 0.2) is 0 Å². The smallest absolute Gasteiger partial charge is 0.224 e. The zero-order chi connectivity index (χ0) is 15.8. The molecule has 1 amide bonds. The normalized spacial score (nSPS) is 12.0. The number of aryl methyl sites for hydroxylation is 1. The molecule has 0 saturated carbocycles. The summed E-state index contributed by atoms with van der Waals surface area (Å²) in [7, 11) is 1.97. The number of rotatable bonds is 7. The summed E-state index contributed by atoms with van der Waals surface area (Å²) >= 11 is 0. The number of amides is 1. The largest absolute Gasteiger partial charge is 0.399 e. The van der Waals surface area contributed by atoms with Crippen LogP contribution in [0.5, 0.6) is 0 Å². The van der Waals surface area contributed by atoms with E-state index in [2.05, 4.69) is 16.3 Å². The molecule has 3 N–H and O–H groups in total. The van der Waals surface area contributed by atoms with Crippen molar-refractivity contribution in [2.24, 2.45) is 0 Å². The molecule has 5 heteroatoms. The lowest BCUT2D eigenvalue weighted by Gasteiger charge is -2.22. The fourth-order valence-electron chi connectivity index (χ4n) is 1.98. The molecule has 1 aromatic carbocycles. The van der Waals surface area contributed by atoms with Gasteiger partial charge in [-0.1, -0.05) is 6.07 Å². The zero-order valence-corrected chi connectivity index (χ0v) is 13.0. The summed E-state index contributed by atoms with van der Waals surface area (Å²) < 4.78 is 0. The molecule has 0 aromatic heterocycles. The predicted molar refractivity (Wildman–Crippen MR) is 85.8 cm³/mol. The summed E-state index contributed by atoms with van der Waals surface area (Å²) in [6.45, 7) is 4.75. The lowest BCUT2D eigenvalue weighted by molar-refractivity contribution is -0.116. The van der Waals surface area contributed by atoms with Crippen LogP contribution in [0.4, 0.5) is 11.4 Å². The van der Waals surface area contributed by atoms with Gasteiger partial charge in [-0.25, -0.2) is 0 Å². The van der Waals surface area contributed by atoms with Gasteiger partial charge in [0.2, 0.25) is 5.91 Å². The monoisotopic (exact) mass is 288 g/mol. The van der Waals surface area contributed by atoms with Crippen LogP contribution in [0.1, 0.15) is 31.7 Å². The van der Waals surface area contributed by atoms with Crippen molar-refractivity contribution in [2.75, 3.05) is 24.6 Å². The van der Waals surface area contributed by atoms with Crippen molar-refractivity contribution < 1.29 is 4.79 Å². The number of nitrogens with one attached hydrogen (secondary N) is 1. The van der Waals surface area contributed by atoms with Crippen LogP contribution >= 0.6 is 0 Å². The minimum Gasteiger partial charge on any atom is -0.399 e. The van der Waals surface area contributed by atoms with E-state index in [9.17, 15) is 4.79 Å². The van der Waals surface area contributed by atoms with E-state index in [0.29, 0.717) is 18.5 Å². The summed E-state index contributed by atoms with van der Waals surface area (Å²) in [5.74, 6) is -0.00923. The lowest BCUT2D eigenvalue weighted by Crippen LogP contribution is -2.30. The highest BCUT2D eigenvalue weighted by Crippen LogP contribution is 2.18.